The molecule has 1 aliphatic carbocycles. The highest BCUT2D eigenvalue weighted by Gasteiger charge is 2.21. The van der Waals surface area contributed by atoms with Crippen molar-refractivity contribution < 1.29 is 14.3 Å². The van der Waals surface area contributed by atoms with Gasteiger partial charge in [-0.1, -0.05) is 25.5 Å². The topological polar surface area (TPSA) is 43.4 Å². The molecule has 72 valence electrons. The molecule has 1 aliphatic rings. The van der Waals surface area contributed by atoms with Crippen LogP contribution in [0.4, 0.5) is 0 Å². The van der Waals surface area contributed by atoms with E-state index >= 15 is 0 Å². The maximum Gasteiger partial charge on any atom is 0.306 e. The highest BCUT2D eigenvalue weighted by Crippen LogP contribution is 2.16. The molecule has 0 unspecified atom stereocenters. The molecule has 0 saturated carbocycles. The maximum atomic E-state index is 11.0. The first-order valence-electron chi connectivity index (χ1n) is 4.60. The van der Waals surface area contributed by atoms with E-state index in [2.05, 4.69) is 0 Å². The lowest BCUT2D eigenvalue weighted by Gasteiger charge is -2.02. The molecule has 0 aromatic rings. The maximum absolute atomic E-state index is 11.0. The first-order chi connectivity index (χ1) is 6.24. The molecule has 0 heterocycles. The zero-order valence-electron chi connectivity index (χ0n) is 7.79. The van der Waals surface area contributed by atoms with Gasteiger partial charge in [-0.15, -0.1) is 0 Å². The van der Waals surface area contributed by atoms with Gasteiger partial charge in [-0.25, -0.2) is 0 Å². The second kappa shape index (κ2) is 4.80. The van der Waals surface area contributed by atoms with Gasteiger partial charge in [0.2, 0.25) is 0 Å². The molecule has 0 radical (unpaired) electrons. The fraction of sp³-hybridized carbons (Fsp3) is 0.600. The van der Waals surface area contributed by atoms with E-state index in [0.717, 1.165) is 12.8 Å². The number of hydrogen-bond donors (Lipinski definition) is 0. The number of allylic oxidation sites excluding steroid dienone is 2. The number of hydrogen-bond acceptors (Lipinski definition) is 3. The van der Waals surface area contributed by atoms with Crippen molar-refractivity contribution in [2.75, 3.05) is 6.61 Å². The summed E-state index contributed by atoms with van der Waals surface area (Å²) in [6.45, 7) is 1.94. The second-order valence-corrected chi connectivity index (χ2v) is 3.14. The molecule has 0 N–H and O–H groups in total. The van der Waals surface area contributed by atoms with Gasteiger partial charge in [0.05, 0.1) is 5.92 Å². The average Bonchev–Trinajstić information content (AvgIpc) is 2.93. The third-order valence-electron chi connectivity index (χ3n) is 1.87. The predicted octanol–water partition coefficient (Wildman–Crippen LogP) is 1.47. The molecule has 0 aromatic heterocycles. The van der Waals surface area contributed by atoms with E-state index in [9.17, 15) is 9.59 Å². The summed E-state index contributed by atoms with van der Waals surface area (Å²) in [6.07, 6.45) is 5.80. The Balaban J connectivity index is 2.03. The molecule has 0 aromatic carbocycles. The summed E-state index contributed by atoms with van der Waals surface area (Å²) < 4.78 is 4.78. The molecule has 1 rings (SSSR count). The van der Waals surface area contributed by atoms with Crippen molar-refractivity contribution in [2.24, 2.45) is 5.92 Å². The molecule has 0 aliphatic heterocycles. The largest absolute Gasteiger partial charge is 0.458 e. The first kappa shape index (κ1) is 9.96. The van der Waals surface area contributed by atoms with Crippen LogP contribution in [0.15, 0.2) is 12.2 Å². The number of ether oxygens (including phenoxy) is 1. The molecule has 0 bridgehead atoms. The molecule has 13 heavy (non-hydrogen) atoms. The van der Waals surface area contributed by atoms with E-state index in [-0.39, 0.29) is 24.3 Å². The van der Waals surface area contributed by atoms with E-state index in [1.54, 1.807) is 12.2 Å². The van der Waals surface area contributed by atoms with Crippen LogP contribution in [0.5, 0.6) is 0 Å². The number of carbonyl (C=O) groups excluding carboxylic acids is 2. The fourth-order valence-corrected chi connectivity index (χ4v) is 0.911. The zero-order chi connectivity index (χ0) is 9.68. The van der Waals surface area contributed by atoms with Crippen LogP contribution in [-0.2, 0) is 14.3 Å². The summed E-state index contributed by atoms with van der Waals surface area (Å²) in [7, 11) is 0. The van der Waals surface area contributed by atoms with Crippen LogP contribution in [0.1, 0.15) is 26.2 Å². The lowest BCUT2D eigenvalue weighted by atomic mass is 10.2. The quantitative estimate of drug-likeness (QED) is 0.461. The van der Waals surface area contributed by atoms with Gasteiger partial charge < -0.3 is 4.74 Å². The van der Waals surface area contributed by atoms with Gasteiger partial charge in [-0.05, 0) is 6.42 Å². The first-order valence-corrected chi connectivity index (χ1v) is 4.60. The van der Waals surface area contributed by atoms with Crippen molar-refractivity contribution in [3.8, 4) is 0 Å². The van der Waals surface area contributed by atoms with Crippen LogP contribution in [0.25, 0.3) is 0 Å². The van der Waals surface area contributed by atoms with Gasteiger partial charge in [0.15, 0.2) is 12.4 Å². The van der Waals surface area contributed by atoms with E-state index in [4.69, 9.17) is 4.74 Å². The number of rotatable bonds is 6. The number of unbranched alkanes of at least 4 members (excludes halogenated alkanes) is 1. The summed E-state index contributed by atoms with van der Waals surface area (Å²) in [5.74, 6) is -0.348. The van der Waals surface area contributed by atoms with Crippen LogP contribution in [0.3, 0.4) is 0 Å². The van der Waals surface area contributed by atoms with Crippen LogP contribution < -0.4 is 0 Å². The smallest absolute Gasteiger partial charge is 0.306 e. The molecular weight excluding hydrogens is 168 g/mol. The molecule has 0 amide bonds. The van der Waals surface area contributed by atoms with Crippen molar-refractivity contribution in [2.45, 2.75) is 26.2 Å². The van der Waals surface area contributed by atoms with Crippen molar-refractivity contribution in [3.63, 3.8) is 0 Å². The van der Waals surface area contributed by atoms with Crippen LogP contribution >= 0.6 is 0 Å². The van der Waals surface area contributed by atoms with E-state index < -0.39 is 0 Å². The van der Waals surface area contributed by atoms with Gasteiger partial charge in [-0.3, -0.25) is 9.59 Å². The molecule has 0 atom stereocenters. The molecular formula is C10H14O3. The summed E-state index contributed by atoms with van der Waals surface area (Å²) in [5, 5.41) is 0. The minimum absolute atomic E-state index is 0.0233. The Kier molecular flexibility index (Phi) is 3.68. The Morgan fingerprint density at radius 1 is 1.38 bits per heavy atom. The average molecular weight is 182 g/mol. The van der Waals surface area contributed by atoms with Gasteiger partial charge in [0, 0.05) is 6.42 Å². The molecule has 3 nitrogen and oxygen atoms in total. The third kappa shape index (κ3) is 3.87. The van der Waals surface area contributed by atoms with Crippen molar-refractivity contribution >= 4 is 11.8 Å². The predicted molar refractivity (Wildman–Crippen MR) is 48.1 cm³/mol. The standard InChI is InChI=1S/C10H14O3/c1-2-3-4-10(12)13-7-9(11)8-5-6-8/h5-6,8H,2-4,7H2,1H3. The second-order valence-electron chi connectivity index (χ2n) is 3.14. The molecule has 0 spiro atoms. The Hall–Kier alpha value is -1.12. The number of ketones is 1. The summed E-state index contributed by atoms with van der Waals surface area (Å²) in [4.78, 5) is 22.0. The Labute approximate surface area is 77.8 Å². The highest BCUT2D eigenvalue weighted by atomic mass is 16.5. The van der Waals surface area contributed by atoms with Crippen LogP contribution in [-0.4, -0.2) is 18.4 Å². The van der Waals surface area contributed by atoms with Gasteiger partial charge >= 0.3 is 5.97 Å². The minimum atomic E-state index is -0.268. The van der Waals surface area contributed by atoms with Crippen LogP contribution in [0.2, 0.25) is 0 Å². The van der Waals surface area contributed by atoms with Gasteiger partial charge in [-0.2, -0.15) is 0 Å². The number of Topliss-reactive ketones (excluding diaryl/α,β-unsaturated/α-hetero) is 1. The van der Waals surface area contributed by atoms with E-state index in [0.29, 0.717) is 6.42 Å². The lowest BCUT2D eigenvalue weighted by Crippen LogP contribution is -2.15. The summed E-state index contributed by atoms with van der Waals surface area (Å²) >= 11 is 0. The minimum Gasteiger partial charge on any atom is -0.458 e. The molecule has 3 heteroatoms. The monoisotopic (exact) mass is 182 g/mol. The van der Waals surface area contributed by atoms with Crippen molar-refractivity contribution in [1.82, 2.24) is 0 Å². The Morgan fingerprint density at radius 2 is 2.08 bits per heavy atom. The number of carbonyl (C=O) groups is 2. The summed E-state index contributed by atoms with van der Waals surface area (Å²) in [6, 6.07) is 0. The fourth-order valence-electron chi connectivity index (χ4n) is 0.911. The van der Waals surface area contributed by atoms with Gasteiger partial charge in [0.1, 0.15) is 0 Å². The molecule has 0 saturated heterocycles. The third-order valence-corrected chi connectivity index (χ3v) is 1.87. The highest BCUT2D eigenvalue weighted by molar-refractivity contribution is 5.90. The lowest BCUT2D eigenvalue weighted by molar-refractivity contribution is -0.148. The van der Waals surface area contributed by atoms with Crippen molar-refractivity contribution in [1.29, 1.82) is 0 Å². The number of esters is 1. The zero-order valence-corrected chi connectivity index (χ0v) is 7.79. The SMILES string of the molecule is CCCCC(=O)OCC(=O)C1C=C1. The Morgan fingerprint density at radius 3 is 2.62 bits per heavy atom. The van der Waals surface area contributed by atoms with Crippen LogP contribution in [0, 0.1) is 5.92 Å². The Bertz CT molecular complexity index is 224. The van der Waals surface area contributed by atoms with Crippen molar-refractivity contribution in [3.05, 3.63) is 12.2 Å². The molecule has 0 fully saturated rings. The van der Waals surface area contributed by atoms with Gasteiger partial charge in [0.25, 0.3) is 0 Å². The normalized spacial score (nSPS) is 14.2. The summed E-state index contributed by atoms with van der Waals surface area (Å²) in [5.41, 5.74) is 0. The van der Waals surface area contributed by atoms with E-state index in [1.165, 1.54) is 0 Å². The van der Waals surface area contributed by atoms with E-state index in [1.807, 2.05) is 6.92 Å².